The molecule has 1 saturated heterocycles. The number of ether oxygens (including phenoxy) is 2. The number of halogens is 1. The van der Waals surface area contributed by atoms with Gasteiger partial charge in [0.1, 0.15) is 23.6 Å². The van der Waals surface area contributed by atoms with Crippen molar-refractivity contribution in [2.45, 2.75) is 25.5 Å². The molecule has 0 atom stereocenters. The number of aromatic nitrogens is 4. The van der Waals surface area contributed by atoms with Gasteiger partial charge in [0.2, 0.25) is 0 Å². The summed E-state index contributed by atoms with van der Waals surface area (Å²) in [5.74, 6) is 0.982. The van der Waals surface area contributed by atoms with Crippen molar-refractivity contribution in [3.8, 4) is 5.75 Å². The Labute approximate surface area is 148 Å². The van der Waals surface area contributed by atoms with Crippen molar-refractivity contribution in [3.63, 3.8) is 0 Å². The molecular weight excluding hydrogens is 344 g/mol. The monoisotopic (exact) mass is 360 g/mol. The van der Waals surface area contributed by atoms with Gasteiger partial charge in [-0.05, 0) is 25.0 Å². The fraction of sp³-hybridized carbons (Fsp3) is 0.353. The molecule has 25 heavy (non-hydrogen) atoms. The molecule has 0 bridgehead atoms. The fourth-order valence-corrected chi connectivity index (χ4v) is 3.15. The highest BCUT2D eigenvalue weighted by Crippen LogP contribution is 2.25. The van der Waals surface area contributed by atoms with E-state index in [1.807, 2.05) is 16.8 Å². The molecule has 3 aromatic rings. The van der Waals surface area contributed by atoms with Crippen LogP contribution in [0.2, 0.25) is 5.02 Å². The van der Waals surface area contributed by atoms with Gasteiger partial charge in [-0.15, -0.1) is 0 Å². The molecule has 1 aliphatic rings. The molecule has 4 rings (SSSR count). The topological polar surface area (TPSA) is 82.0 Å². The molecular formula is C17H17ClN4O3. The Kier molecular flexibility index (Phi) is 4.42. The van der Waals surface area contributed by atoms with E-state index in [4.69, 9.17) is 21.1 Å². The molecule has 0 saturated carbocycles. The zero-order valence-corrected chi connectivity index (χ0v) is 14.2. The largest absolute Gasteiger partial charge is 0.484 e. The van der Waals surface area contributed by atoms with Crippen molar-refractivity contribution in [1.82, 2.24) is 19.7 Å². The van der Waals surface area contributed by atoms with E-state index in [1.165, 1.54) is 0 Å². The number of fused-ring (bicyclic) bond motifs is 1. The van der Waals surface area contributed by atoms with Gasteiger partial charge in [0, 0.05) is 13.2 Å². The van der Waals surface area contributed by atoms with Crippen LogP contribution in [0.15, 0.2) is 35.3 Å². The van der Waals surface area contributed by atoms with E-state index in [0.717, 1.165) is 12.8 Å². The number of rotatable bonds is 4. The van der Waals surface area contributed by atoms with Gasteiger partial charge in [-0.2, -0.15) is 5.10 Å². The lowest BCUT2D eigenvalue weighted by molar-refractivity contribution is 0.0673. The number of aromatic amines is 1. The molecule has 1 aliphatic heterocycles. The standard InChI is InChI=1S/C17H17ClN4O3/c18-13-3-1-2-4-14(13)25-10-15-20-16-12(17(23)21-15)9-19-22(16)11-5-7-24-8-6-11/h1-4,9,11H,5-8,10H2,(H,20,21,23). The first kappa shape index (κ1) is 16.1. The van der Waals surface area contributed by atoms with Crippen LogP contribution in [0.5, 0.6) is 5.75 Å². The number of benzene rings is 1. The molecule has 0 radical (unpaired) electrons. The molecule has 2 aromatic heterocycles. The minimum Gasteiger partial charge on any atom is -0.484 e. The Morgan fingerprint density at radius 3 is 2.92 bits per heavy atom. The molecule has 0 aliphatic carbocycles. The van der Waals surface area contributed by atoms with Gasteiger partial charge in [0.25, 0.3) is 5.56 Å². The van der Waals surface area contributed by atoms with E-state index >= 15 is 0 Å². The third-order valence-electron chi connectivity index (χ3n) is 4.25. The second kappa shape index (κ2) is 6.85. The van der Waals surface area contributed by atoms with Crippen LogP contribution in [0.25, 0.3) is 11.0 Å². The van der Waals surface area contributed by atoms with Crippen LogP contribution < -0.4 is 10.3 Å². The van der Waals surface area contributed by atoms with Crippen molar-refractivity contribution in [1.29, 1.82) is 0 Å². The summed E-state index contributed by atoms with van der Waals surface area (Å²) in [6.07, 6.45) is 3.28. The van der Waals surface area contributed by atoms with Crippen LogP contribution >= 0.6 is 11.6 Å². The highest BCUT2D eigenvalue weighted by atomic mass is 35.5. The Morgan fingerprint density at radius 2 is 2.12 bits per heavy atom. The minimum absolute atomic E-state index is 0.119. The Bertz CT molecular complexity index is 946. The first-order chi connectivity index (χ1) is 12.2. The average Bonchev–Trinajstić information content (AvgIpc) is 3.06. The smallest absolute Gasteiger partial charge is 0.262 e. The molecule has 3 heterocycles. The molecule has 0 unspecified atom stereocenters. The van der Waals surface area contributed by atoms with Crippen molar-refractivity contribution >= 4 is 22.6 Å². The molecule has 8 heteroatoms. The third-order valence-corrected chi connectivity index (χ3v) is 4.56. The van der Waals surface area contributed by atoms with Gasteiger partial charge in [0.15, 0.2) is 5.65 Å². The zero-order valence-electron chi connectivity index (χ0n) is 13.4. The third kappa shape index (κ3) is 3.25. The van der Waals surface area contributed by atoms with Crippen LogP contribution in [0, 0.1) is 0 Å². The summed E-state index contributed by atoms with van der Waals surface area (Å²) in [6.45, 7) is 1.50. The summed E-state index contributed by atoms with van der Waals surface area (Å²) in [5.41, 5.74) is 0.356. The van der Waals surface area contributed by atoms with Gasteiger partial charge in [-0.3, -0.25) is 4.79 Å². The number of para-hydroxylation sites is 1. The minimum atomic E-state index is -0.221. The lowest BCUT2D eigenvalue weighted by Crippen LogP contribution is -2.21. The van der Waals surface area contributed by atoms with Crippen molar-refractivity contribution in [3.05, 3.63) is 51.7 Å². The van der Waals surface area contributed by atoms with E-state index in [1.54, 1.807) is 18.3 Å². The molecule has 0 amide bonds. The second-order valence-corrected chi connectivity index (χ2v) is 6.31. The number of hydrogen-bond acceptors (Lipinski definition) is 5. The highest BCUT2D eigenvalue weighted by Gasteiger charge is 2.20. The van der Waals surface area contributed by atoms with Crippen LogP contribution in [0.4, 0.5) is 0 Å². The van der Waals surface area contributed by atoms with Gasteiger partial charge in [-0.1, -0.05) is 23.7 Å². The van der Waals surface area contributed by atoms with Gasteiger partial charge in [0.05, 0.1) is 17.3 Å². The van der Waals surface area contributed by atoms with Gasteiger partial charge in [-0.25, -0.2) is 9.67 Å². The maximum atomic E-state index is 12.3. The number of hydrogen-bond donors (Lipinski definition) is 1. The van der Waals surface area contributed by atoms with E-state index in [9.17, 15) is 4.79 Å². The molecule has 7 nitrogen and oxygen atoms in total. The van der Waals surface area contributed by atoms with Crippen LogP contribution in [-0.2, 0) is 11.3 Å². The predicted molar refractivity (Wildman–Crippen MR) is 93.0 cm³/mol. The first-order valence-corrected chi connectivity index (χ1v) is 8.51. The summed E-state index contributed by atoms with van der Waals surface area (Å²) in [7, 11) is 0. The highest BCUT2D eigenvalue weighted by molar-refractivity contribution is 6.32. The Morgan fingerprint density at radius 1 is 1.32 bits per heavy atom. The van der Waals surface area contributed by atoms with Crippen LogP contribution in [0.1, 0.15) is 24.7 Å². The number of nitrogens with one attached hydrogen (secondary N) is 1. The normalized spacial score (nSPS) is 15.6. The molecule has 130 valence electrons. The van der Waals surface area contributed by atoms with Gasteiger partial charge >= 0.3 is 0 Å². The summed E-state index contributed by atoms with van der Waals surface area (Å²) in [4.78, 5) is 19.6. The summed E-state index contributed by atoms with van der Waals surface area (Å²) in [6, 6.07) is 7.37. The molecule has 1 aromatic carbocycles. The SMILES string of the molecule is O=c1[nH]c(COc2ccccc2Cl)nc2c1cnn2C1CCOCC1. The fourth-order valence-electron chi connectivity index (χ4n) is 2.95. The second-order valence-electron chi connectivity index (χ2n) is 5.90. The van der Waals surface area contributed by atoms with E-state index in [0.29, 0.717) is 40.8 Å². The maximum Gasteiger partial charge on any atom is 0.262 e. The maximum absolute atomic E-state index is 12.3. The first-order valence-electron chi connectivity index (χ1n) is 8.14. The average molecular weight is 361 g/mol. The predicted octanol–water partition coefficient (Wildman–Crippen LogP) is 2.70. The summed E-state index contributed by atoms with van der Waals surface area (Å²) in [5, 5.41) is 5.36. The lowest BCUT2D eigenvalue weighted by atomic mass is 10.1. The summed E-state index contributed by atoms with van der Waals surface area (Å²) >= 11 is 6.08. The van der Waals surface area contributed by atoms with E-state index in [-0.39, 0.29) is 18.2 Å². The lowest BCUT2D eigenvalue weighted by Gasteiger charge is -2.22. The van der Waals surface area contributed by atoms with Crippen molar-refractivity contribution < 1.29 is 9.47 Å². The Balaban J connectivity index is 1.63. The van der Waals surface area contributed by atoms with E-state index < -0.39 is 0 Å². The quantitative estimate of drug-likeness (QED) is 0.773. The van der Waals surface area contributed by atoms with E-state index in [2.05, 4.69) is 15.1 Å². The van der Waals surface area contributed by atoms with Crippen molar-refractivity contribution in [2.24, 2.45) is 0 Å². The van der Waals surface area contributed by atoms with Gasteiger partial charge < -0.3 is 14.5 Å². The van der Waals surface area contributed by atoms with Crippen LogP contribution in [-0.4, -0.2) is 33.0 Å². The molecule has 1 fully saturated rings. The van der Waals surface area contributed by atoms with Crippen LogP contribution in [0.3, 0.4) is 0 Å². The molecule has 0 spiro atoms. The molecule has 1 N–H and O–H groups in total. The number of nitrogens with zero attached hydrogens (tertiary/aromatic N) is 3. The number of H-pyrrole nitrogens is 1. The zero-order chi connectivity index (χ0) is 17.2. The Hall–Kier alpha value is -2.38. The van der Waals surface area contributed by atoms with Crippen molar-refractivity contribution in [2.75, 3.05) is 13.2 Å². The summed E-state index contributed by atoms with van der Waals surface area (Å²) < 4.78 is 12.9.